The van der Waals surface area contributed by atoms with Crippen LogP contribution in [-0.2, 0) is 22.5 Å². The molecule has 124 valence electrons. The first-order valence-corrected chi connectivity index (χ1v) is 8.78. The molecular weight excluding hydrogens is 346 g/mol. The number of hydrogen-bond acceptors (Lipinski definition) is 4. The van der Waals surface area contributed by atoms with Gasteiger partial charge in [-0.15, -0.1) is 0 Å². The van der Waals surface area contributed by atoms with Crippen molar-refractivity contribution in [2.45, 2.75) is 19.9 Å². The highest BCUT2D eigenvalue weighted by Gasteiger charge is 2.10. The molecule has 0 saturated heterocycles. The minimum Gasteiger partial charge on any atom is -0.466 e. The number of esters is 1. The van der Waals surface area contributed by atoms with Crippen LogP contribution in [0, 0.1) is 0 Å². The highest BCUT2D eigenvalue weighted by atomic mass is 35.5. The summed E-state index contributed by atoms with van der Waals surface area (Å²) in [6.07, 6.45) is 0.229. The van der Waals surface area contributed by atoms with Gasteiger partial charge in [-0.3, -0.25) is 14.2 Å². The molecule has 0 saturated carbocycles. The SMILES string of the molecule is CCOC(=O)Cc1cccc(Cn2c(=O)sc3ccc(Cl)cc32)c1. The first-order chi connectivity index (χ1) is 11.6. The minimum atomic E-state index is -0.250. The fourth-order valence-corrected chi connectivity index (χ4v) is 3.62. The van der Waals surface area contributed by atoms with Crippen LogP contribution in [0.3, 0.4) is 0 Å². The van der Waals surface area contributed by atoms with Crippen molar-refractivity contribution >= 4 is 39.1 Å². The average molecular weight is 362 g/mol. The van der Waals surface area contributed by atoms with E-state index in [2.05, 4.69) is 0 Å². The highest BCUT2D eigenvalue weighted by Crippen LogP contribution is 2.22. The van der Waals surface area contributed by atoms with Crippen LogP contribution in [0.2, 0.25) is 5.02 Å². The summed E-state index contributed by atoms with van der Waals surface area (Å²) in [7, 11) is 0. The fraction of sp³-hybridized carbons (Fsp3) is 0.222. The Kier molecular flexibility index (Phi) is 5.02. The lowest BCUT2D eigenvalue weighted by molar-refractivity contribution is -0.142. The first kappa shape index (κ1) is 16.7. The Hall–Kier alpha value is -2.11. The van der Waals surface area contributed by atoms with E-state index in [1.54, 1.807) is 23.6 Å². The topological polar surface area (TPSA) is 48.3 Å². The van der Waals surface area contributed by atoms with Gasteiger partial charge in [-0.05, 0) is 36.2 Å². The Bertz CT molecular complexity index is 945. The van der Waals surface area contributed by atoms with Crippen molar-refractivity contribution in [2.75, 3.05) is 6.61 Å². The summed E-state index contributed by atoms with van der Waals surface area (Å²) in [6, 6.07) is 13.1. The van der Waals surface area contributed by atoms with E-state index in [1.807, 2.05) is 30.3 Å². The molecule has 0 unspecified atom stereocenters. The van der Waals surface area contributed by atoms with Gasteiger partial charge >= 0.3 is 10.8 Å². The summed E-state index contributed by atoms with van der Waals surface area (Å²) in [4.78, 5) is 23.9. The van der Waals surface area contributed by atoms with E-state index < -0.39 is 0 Å². The maximum absolute atomic E-state index is 12.3. The minimum absolute atomic E-state index is 0.0249. The Morgan fingerprint density at radius 1 is 1.21 bits per heavy atom. The molecule has 6 heteroatoms. The second-order valence-corrected chi connectivity index (χ2v) is 6.80. The molecule has 0 aliphatic rings. The van der Waals surface area contributed by atoms with Crippen molar-refractivity contribution in [3.63, 3.8) is 0 Å². The van der Waals surface area contributed by atoms with Crippen LogP contribution < -0.4 is 4.87 Å². The highest BCUT2D eigenvalue weighted by molar-refractivity contribution is 7.16. The van der Waals surface area contributed by atoms with Crippen molar-refractivity contribution in [1.29, 1.82) is 0 Å². The van der Waals surface area contributed by atoms with Crippen molar-refractivity contribution in [3.05, 3.63) is 68.3 Å². The van der Waals surface area contributed by atoms with Gasteiger partial charge in [-0.2, -0.15) is 0 Å². The Morgan fingerprint density at radius 3 is 2.79 bits per heavy atom. The van der Waals surface area contributed by atoms with Crippen molar-refractivity contribution < 1.29 is 9.53 Å². The third-order valence-electron chi connectivity index (χ3n) is 3.62. The zero-order valence-electron chi connectivity index (χ0n) is 13.1. The smallest absolute Gasteiger partial charge is 0.310 e. The molecule has 3 rings (SSSR count). The van der Waals surface area contributed by atoms with Gasteiger partial charge in [-0.1, -0.05) is 47.2 Å². The number of hydrogen-bond donors (Lipinski definition) is 0. The largest absolute Gasteiger partial charge is 0.466 e. The normalized spacial score (nSPS) is 10.9. The molecule has 1 aromatic heterocycles. The van der Waals surface area contributed by atoms with E-state index in [4.69, 9.17) is 16.3 Å². The van der Waals surface area contributed by atoms with Crippen LogP contribution in [0.5, 0.6) is 0 Å². The predicted molar refractivity (Wildman–Crippen MR) is 97.0 cm³/mol. The molecule has 0 atom stereocenters. The molecule has 3 aromatic rings. The monoisotopic (exact) mass is 361 g/mol. The molecule has 0 aliphatic heterocycles. The number of halogens is 1. The molecular formula is C18H16ClNO3S. The predicted octanol–water partition coefficient (Wildman–Crippen LogP) is 3.87. The fourth-order valence-electron chi connectivity index (χ4n) is 2.58. The number of rotatable bonds is 5. The Balaban J connectivity index is 1.89. The van der Waals surface area contributed by atoms with E-state index in [-0.39, 0.29) is 17.3 Å². The third-order valence-corrected chi connectivity index (χ3v) is 4.81. The van der Waals surface area contributed by atoms with Gasteiger partial charge in [0.15, 0.2) is 0 Å². The van der Waals surface area contributed by atoms with E-state index in [0.29, 0.717) is 18.2 Å². The zero-order chi connectivity index (χ0) is 17.1. The summed E-state index contributed by atoms with van der Waals surface area (Å²) >= 11 is 7.26. The van der Waals surface area contributed by atoms with Gasteiger partial charge in [0, 0.05) is 5.02 Å². The number of thiazole rings is 1. The molecule has 0 aliphatic carbocycles. The number of nitrogens with zero attached hydrogens (tertiary/aromatic N) is 1. The molecule has 0 bridgehead atoms. The summed E-state index contributed by atoms with van der Waals surface area (Å²) in [5, 5.41) is 0.602. The number of aromatic nitrogens is 1. The van der Waals surface area contributed by atoms with E-state index in [0.717, 1.165) is 21.3 Å². The summed E-state index contributed by atoms with van der Waals surface area (Å²) in [5.41, 5.74) is 2.66. The van der Waals surface area contributed by atoms with Crippen LogP contribution in [0.25, 0.3) is 10.2 Å². The van der Waals surface area contributed by atoms with E-state index >= 15 is 0 Å². The summed E-state index contributed by atoms with van der Waals surface area (Å²) < 4.78 is 7.59. The second-order valence-electron chi connectivity index (χ2n) is 5.37. The van der Waals surface area contributed by atoms with E-state index in [1.165, 1.54) is 11.3 Å². The van der Waals surface area contributed by atoms with Gasteiger partial charge < -0.3 is 4.74 Å². The van der Waals surface area contributed by atoms with Gasteiger partial charge in [0.1, 0.15) is 0 Å². The second kappa shape index (κ2) is 7.20. The standard InChI is InChI=1S/C18H16ClNO3S/c1-2-23-17(21)9-12-4-3-5-13(8-12)11-20-15-10-14(19)6-7-16(15)24-18(20)22/h3-8,10H,2,9,11H2,1H3. The van der Waals surface area contributed by atoms with Crippen LogP contribution in [0.4, 0.5) is 0 Å². The van der Waals surface area contributed by atoms with Crippen molar-refractivity contribution in [3.8, 4) is 0 Å². The van der Waals surface area contributed by atoms with Crippen molar-refractivity contribution in [1.82, 2.24) is 4.57 Å². The molecule has 0 radical (unpaired) electrons. The lowest BCUT2D eigenvalue weighted by Gasteiger charge is -2.07. The maximum Gasteiger partial charge on any atom is 0.310 e. The molecule has 0 fully saturated rings. The van der Waals surface area contributed by atoms with Gasteiger partial charge in [-0.25, -0.2) is 0 Å². The quantitative estimate of drug-likeness (QED) is 0.648. The van der Waals surface area contributed by atoms with Crippen LogP contribution in [-0.4, -0.2) is 17.1 Å². The first-order valence-electron chi connectivity index (χ1n) is 7.59. The molecule has 1 heterocycles. The molecule has 24 heavy (non-hydrogen) atoms. The number of carbonyl (C=O) groups excluding carboxylic acids is 1. The van der Waals surface area contributed by atoms with Gasteiger partial charge in [0.05, 0.1) is 29.8 Å². The molecule has 4 nitrogen and oxygen atoms in total. The van der Waals surface area contributed by atoms with E-state index in [9.17, 15) is 9.59 Å². The van der Waals surface area contributed by atoms with Gasteiger partial charge in [0.2, 0.25) is 0 Å². The Morgan fingerprint density at radius 2 is 2.00 bits per heavy atom. The van der Waals surface area contributed by atoms with Crippen LogP contribution in [0.15, 0.2) is 47.3 Å². The molecule has 0 spiro atoms. The molecule has 0 N–H and O–H groups in total. The number of carbonyl (C=O) groups is 1. The Labute approximate surface area is 148 Å². The third kappa shape index (κ3) is 3.68. The summed E-state index contributed by atoms with van der Waals surface area (Å²) in [5.74, 6) is -0.250. The van der Waals surface area contributed by atoms with Crippen LogP contribution in [0.1, 0.15) is 18.1 Å². The van der Waals surface area contributed by atoms with Gasteiger partial charge in [0.25, 0.3) is 0 Å². The number of ether oxygens (including phenoxy) is 1. The average Bonchev–Trinajstić information content (AvgIpc) is 2.84. The van der Waals surface area contributed by atoms with Crippen LogP contribution >= 0.6 is 22.9 Å². The zero-order valence-corrected chi connectivity index (χ0v) is 14.7. The summed E-state index contributed by atoms with van der Waals surface area (Å²) in [6.45, 7) is 2.60. The molecule has 2 aromatic carbocycles. The molecule has 0 amide bonds. The maximum atomic E-state index is 12.3. The van der Waals surface area contributed by atoms with Crippen molar-refractivity contribution in [2.24, 2.45) is 0 Å². The lowest BCUT2D eigenvalue weighted by Crippen LogP contribution is -2.14. The number of fused-ring (bicyclic) bond motifs is 1. The number of benzene rings is 2. The lowest BCUT2D eigenvalue weighted by atomic mass is 10.1.